The van der Waals surface area contributed by atoms with Crippen molar-refractivity contribution in [2.75, 3.05) is 25.6 Å². The van der Waals surface area contributed by atoms with Gasteiger partial charge in [0.05, 0.1) is 19.1 Å². The van der Waals surface area contributed by atoms with Gasteiger partial charge in [-0.1, -0.05) is 6.07 Å². The maximum atomic E-state index is 8.88. The fourth-order valence-electron chi connectivity index (χ4n) is 2.05. The minimum Gasteiger partial charge on any atom is -0.496 e. The predicted molar refractivity (Wildman–Crippen MR) is 73.6 cm³/mol. The lowest BCUT2D eigenvalue weighted by atomic mass is 10.0. The van der Waals surface area contributed by atoms with Gasteiger partial charge in [0.1, 0.15) is 5.75 Å². The van der Waals surface area contributed by atoms with Crippen molar-refractivity contribution in [2.45, 2.75) is 19.9 Å². The van der Waals surface area contributed by atoms with Crippen LogP contribution in [0.1, 0.15) is 25.5 Å². The molecular formula is C14H21N3O. The van der Waals surface area contributed by atoms with E-state index in [4.69, 9.17) is 15.7 Å². The molecular weight excluding hydrogens is 226 g/mol. The summed E-state index contributed by atoms with van der Waals surface area (Å²) in [4.78, 5) is 2.05. The van der Waals surface area contributed by atoms with Crippen molar-refractivity contribution in [2.24, 2.45) is 11.7 Å². The molecule has 0 amide bonds. The summed E-state index contributed by atoms with van der Waals surface area (Å²) in [6, 6.07) is 7.97. The van der Waals surface area contributed by atoms with Gasteiger partial charge in [-0.15, -0.1) is 0 Å². The molecule has 1 aromatic carbocycles. The number of nitrogens with two attached hydrogens (primary N) is 1. The van der Waals surface area contributed by atoms with Gasteiger partial charge < -0.3 is 15.4 Å². The third-order valence-corrected chi connectivity index (χ3v) is 2.90. The van der Waals surface area contributed by atoms with Crippen LogP contribution < -0.4 is 15.4 Å². The zero-order valence-electron chi connectivity index (χ0n) is 11.5. The maximum absolute atomic E-state index is 8.88. The third-order valence-electron chi connectivity index (χ3n) is 2.90. The van der Waals surface area contributed by atoms with Gasteiger partial charge in [0, 0.05) is 30.9 Å². The van der Waals surface area contributed by atoms with E-state index in [2.05, 4.69) is 11.0 Å². The molecule has 0 heterocycles. The van der Waals surface area contributed by atoms with Crippen molar-refractivity contribution < 1.29 is 4.74 Å². The SMILES string of the molecule is COc1cccc(N(C)CC(C)C#N)c1[C@@H](C)N. The quantitative estimate of drug-likeness (QED) is 0.867. The van der Waals surface area contributed by atoms with Gasteiger partial charge in [0.25, 0.3) is 0 Å². The fourth-order valence-corrected chi connectivity index (χ4v) is 2.05. The number of anilines is 1. The summed E-state index contributed by atoms with van der Waals surface area (Å²) in [5.74, 6) is 0.765. The van der Waals surface area contributed by atoms with Crippen molar-refractivity contribution in [3.8, 4) is 11.8 Å². The second-order valence-electron chi connectivity index (χ2n) is 4.59. The van der Waals surface area contributed by atoms with Gasteiger partial charge in [-0.2, -0.15) is 5.26 Å². The average Bonchev–Trinajstić information content (AvgIpc) is 2.37. The van der Waals surface area contributed by atoms with Crippen LogP contribution in [0, 0.1) is 17.2 Å². The zero-order chi connectivity index (χ0) is 13.7. The highest BCUT2D eigenvalue weighted by Gasteiger charge is 2.17. The van der Waals surface area contributed by atoms with Crippen LogP contribution in [0.2, 0.25) is 0 Å². The Kier molecular flexibility index (Phi) is 4.99. The van der Waals surface area contributed by atoms with Gasteiger partial charge in [-0.3, -0.25) is 0 Å². The lowest BCUT2D eigenvalue weighted by molar-refractivity contribution is 0.407. The molecule has 0 aromatic heterocycles. The first-order chi connectivity index (χ1) is 8.51. The van der Waals surface area contributed by atoms with Gasteiger partial charge >= 0.3 is 0 Å². The Morgan fingerprint density at radius 1 is 1.44 bits per heavy atom. The van der Waals surface area contributed by atoms with Gasteiger partial charge in [0.15, 0.2) is 0 Å². The molecule has 1 rings (SSSR count). The standard InChI is InChI=1S/C14H21N3O/c1-10(8-15)9-17(3)12-6-5-7-13(18-4)14(12)11(2)16/h5-7,10-11H,9,16H2,1-4H3/t10?,11-/m1/s1. The lowest BCUT2D eigenvalue weighted by Crippen LogP contribution is -2.25. The molecule has 0 saturated carbocycles. The molecule has 18 heavy (non-hydrogen) atoms. The molecule has 4 heteroatoms. The monoisotopic (exact) mass is 247 g/mol. The number of hydrogen-bond donors (Lipinski definition) is 1. The number of hydrogen-bond acceptors (Lipinski definition) is 4. The number of nitrogens with zero attached hydrogens (tertiary/aromatic N) is 2. The van der Waals surface area contributed by atoms with E-state index in [-0.39, 0.29) is 12.0 Å². The molecule has 1 aromatic rings. The highest BCUT2D eigenvalue weighted by molar-refractivity contribution is 5.60. The summed E-state index contributed by atoms with van der Waals surface area (Å²) in [5.41, 5.74) is 8.02. The molecule has 0 radical (unpaired) electrons. The van der Waals surface area contributed by atoms with E-state index in [0.717, 1.165) is 17.0 Å². The number of nitriles is 1. The number of benzene rings is 1. The second-order valence-corrected chi connectivity index (χ2v) is 4.59. The summed E-state index contributed by atoms with van der Waals surface area (Å²) in [5, 5.41) is 8.88. The van der Waals surface area contributed by atoms with E-state index >= 15 is 0 Å². The Morgan fingerprint density at radius 2 is 2.11 bits per heavy atom. The summed E-state index contributed by atoms with van der Waals surface area (Å²) in [6.45, 7) is 4.51. The van der Waals surface area contributed by atoms with Crippen LogP contribution in [-0.2, 0) is 0 Å². The van der Waals surface area contributed by atoms with Gasteiger partial charge in [-0.25, -0.2) is 0 Å². The van der Waals surface area contributed by atoms with E-state index in [0.29, 0.717) is 6.54 Å². The first-order valence-electron chi connectivity index (χ1n) is 6.04. The number of methoxy groups -OCH3 is 1. The Bertz CT molecular complexity index is 437. The summed E-state index contributed by atoms with van der Waals surface area (Å²) in [7, 11) is 3.61. The van der Waals surface area contributed by atoms with Gasteiger partial charge in [-0.05, 0) is 26.0 Å². The molecule has 0 fully saturated rings. The lowest BCUT2D eigenvalue weighted by Gasteiger charge is -2.26. The molecule has 0 aliphatic rings. The molecule has 0 spiro atoms. The first-order valence-corrected chi connectivity index (χ1v) is 6.04. The normalized spacial score (nSPS) is 13.6. The van der Waals surface area contributed by atoms with E-state index < -0.39 is 0 Å². The molecule has 0 saturated heterocycles. The van der Waals surface area contributed by atoms with Crippen LogP contribution in [0.5, 0.6) is 5.75 Å². The third kappa shape index (κ3) is 3.14. The zero-order valence-corrected chi connectivity index (χ0v) is 11.5. The minimum absolute atomic E-state index is 0.0258. The van der Waals surface area contributed by atoms with Gasteiger partial charge in [0.2, 0.25) is 0 Å². The smallest absolute Gasteiger partial charge is 0.125 e. The molecule has 4 nitrogen and oxygen atoms in total. The van der Waals surface area contributed by atoms with Crippen molar-refractivity contribution in [3.63, 3.8) is 0 Å². The van der Waals surface area contributed by atoms with Crippen LogP contribution in [-0.4, -0.2) is 20.7 Å². The van der Waals surface area contributed by atoms with Crippen LogP contribution in [0.4, 0.5) is 5.69 Å². The number of rotatable bonds is 5. The van der Waals surface area contributed by atoms with Crippen LogP contribution >= 0.6 is 0 Å². The summed E-state index contributed by atoms with van der Waals surface area (Å²) in [6.07, 6.45) is 0. The van der Waals surface area contributed by atoms with E-state index in [1.165, 1.54) is 0 Å². The van der Waals surface area contributed by atoms with Crippen molar-refractivity contribution >= 4 is 5.69 Å². The van der Waals surface area contributed by atoms with Crippen molar-refractivity contribution in [1.29, 1.82) is 5.26 Å². The molecule has 2 N–H and O–H groups in total. The molecule has 1 unspecified atom stereocenters. The Balaban J connectivity index is 3.12. The average molecular weight is 247 g/mol. The number of ether oxygens (including phenoxy) is 1. The van der Waals surface area contributed by atoms with Crippen molar-refractivity contribution in [1.82, 2.24) is 0 Å². The summed E-state index contributed by atoms with van der Waals surface area (Å²) >= 11 is 0. The largest absolute Gasteiger partial charge is 0.496 e. The van der Waals surface area contributed by atoms with E-state index in [9.17, 15) is 0 Å². The second kappa shape index (κ2) is 6.27. The van der Waals surface area contributed by atoms with Crippen LogP contribution in [0.3, 0.4) is 0 Å². The highest BCUT2D eigenvalue weighted by atomic mass is 16.5. The first kappa shape index (κ1) is 14.3. The highest BCUT2D eigenvalue weighted by Crippen LogP contribution is 2.33. The Hall–Kier alpha value is -1.73. The van der Waals surface area contributed by atoms with Crippen LogP contribution in [0.25, 0.3) is 0 Å². The molecule has 0 bridgehead atoms. The van der Waals surface area contributed by atoms with Crippen LogP contribution in [0.15, 0.2) is 18.2 Å². The maximum Gasteiger partial charge on any atom is 0.125 e. The minimum atomic E-state index is -0.115. The Morgan fingerprint density at radius 3 is 2.61 bits per heavy atom. The molecule has 0 aliphatic carbocycles. The topological polar surface area (TPSA) is 62.3 Å². The van der Waals surface area contributed by atoms with E-state index in [1.54, 1.807) is 7.11 Å². The fraction of sp³-hybridized carbons (Fsp3) is 0.500. The van der Waals surface area contributed by atoms with Crippen molar-refractivity contribution in [3.05, 3.63) is 23.8 Å². The molecule has 0 aliphatic heterocycles. The Labute approximate surface area is 109 Å². The molecule has 2 atom stereocenters. The van der Waals surface area contributed by atoms with E-state index in [1.807, 2.05) is 39.1 Å². The molecule has 98 valence electrons. The predicted octanol–water partition coefficient (Wildman–Crippen LogP) is 2.31. The summed E-state index contributed by atoms with van der Waals surface area (Å²) < 4.78 is 5.36.